The lowest BCUT2D eigenvalue weighted by Gasteiger charge is -2.34. The third-order valence-corrected chi connectivity index (χ3v) is 10.5. The number of carbonyl (C=O) groups is 2. The fraction of sp³-hybridized carbons (Fsp3) is 0.278. The van der Waals surface area contributed by atoms with Crippen LogP contribution in [0.15, 0.2) is 112 Å². The Hall–Kier alpha value is -4.02. The molecule has 1 fully saturated rings. The molecule has 1 aliphatic rings. The van der Waals surface area contributed by atoms with Gasteiger partial charge in [-0.15, -0.1) is 0 Å². The molecule has 1 N–H and O–H groups in total. The number of amides is 2. The minimum atomic E-state index is -4.23. The summed E-state index contributed by atoms with van der Waals surface area (Å²) in [5, 5.41) is 3.12. The summed E-state index contributed by atoms with van der Waals surface area (Å²) < 4.78 is 45.1. The summed E-state index contributed by atoms with van der Waals surface area (Å²) >= 11 is 3.42. The van der Waals surface area contributed by atoms with Gasteiger partial charge in [-0.25, -0.2) is 12.8 Å². The second-order valence-corrected chi connectivity index (χ2v) is 14.4. The lowest BCUT2D eigenvalue weighted by molar-refractivity contribution is -0.140. The second kappa shape index (κ2) is 15.0. The summed E-state index contributed by atoms with van der Waals surface area (Å²) in [6.07, 6.45) is 3.86. The molecule has 0 aliphatic heterocycles. The number of sulfonamides is 1. The van der Waals surface area contributed by atoms with E-state index in [1.807, 2.05) is 37.3 Å². The zero-order valence-corrected chi connectivity index (χ0v) is 28.0. The Labute approximate surface area is 278 Å². The van der Waals surface area contributed by atoms with E-state index in [2.05, 4.69) is 21.2 Å². The Morgan fingerprint density at radius 2 is 1.59 bits per heavy atom. The number of carbonyl (C=O) groups excluding carboxylic acids is 2. The van der Waals surface area contributed by atoms with Crippen LogP contribution >= 0.6 is 15.9 Å². The molecule has 0 unspecified atom stereocenters. The molecule has 240 valence electrons. The first-order chi connectivity index (χ1) is 22.1. The Morgan fingerprint density at radius 3 is 2.26 bits per heavy atom. The van der Waals surface area contributed by atoms with Crippen molar-refractivity contribution in [2.45, 2.75) is 62.6 Å². The molecule has 0 spiro atoms. The van der Waals surface area contributed by atoms with E-state index in [9.17, 15) is 18.0 Å². The first kappa shape index (κ1) is 33.3. The van der Waals surface area contributed by atoms with Gasteiger partial charge < -0.3 is 10.2 Å². The third-order valence-electron chi connectivity index (χ3n) is 8.26. The zero-order valence-electron chi connectivity index (χ0n) is 25.6. The molecule has 4 aromatic rings. The number of halogens is 2. The van der Waals surface area contributed by atoms with Gasteiger partial charge in [0.25, 0.3) is 10.0 Å². The maximum Gasteiger partial charge on any atom is 0.264 e. The number of anilines is 1. The molecule has 0 bridgehead atoms. The van der Waals surface area contributed by atoms with Crippen LogP contribution in [0.1, 0.15) is 42.4 Å². The molecule has 1 saturated carbocycles. The first-order valence-electron chi connectivity index (χ1n) is 15.3. The van der Waals surface area contributed by atoms with Crippen LogP contribution < -0.4 is 9.62 Å². The van der Waals surface area contributed by atoms with Crippen molar-refractivity contribution in [3.8, 4) is 0 Å². The van der Waals surface area contributed by atoms with Gasteiger partial charge in [-0.3, -0.25) is 13.9 Å². The molecule has 46 heavy (non-hydrogen) atoms. The van der Waals surface area contributed by atoms with Gasteiger partial charge in [0.2, 0.25) is 11.8 Å². The van der Waals surface area contributed by atoms with Gasteiger partial charge in [0, 0.05) is 29.0 Å². The van der Waals surface area contributed by atoms with Gasteiger partial charge in [0.15, 0.2) is 0 Å². The van der Waals surface area contributed by atoms with Crippen molar-refractivity contribution in [3.05, 3.63) is 130 Å². The van der Waals surface area contributed by atoms with Crippen molar-refractivity contribution in [1.82, 2.24) is 10.2 Å². The van der Waals surface area contributed by atoms with Gasteiger partial charge in [-0.05, 0) is 61.7 Å². The van der Waals surface area contributed by atoms with E-state index in [4.69, 9.17) is 0 Å². The molecule has 1 atom stereocenters. The molecule has 0 aromatic heterocycles. The van der Waals surface area contributed by atoms with Crippen LogP contribution in [0.4, 0.5) is 10.1 Å². The fourth-order valence-electron chi connectivity index (χ4n) is 5.73. The second-order valence-electron chi connectivity index (χ2n) is 11.6. The van der Waals surface area contributed by atoms with Crippen LogP contribution in [0, 0.1) is 12.7 Å². The quantitative estimate of drug-likeness (QED) is 0.176. The highest BCUT2D eigenvalue weighted by molar-refractivity contribution is 9.10. The molecule has 10 heteroatoms. The lowest BCUT2D eigenvalue weighted by atomic mass is 10.0. The predicted octanol–water partition coefficient (Wildman–Crippen LogP) is 6.79. The molecular weight excluding hydrogens is 669 g/mol. The molecule has 0 saturated heterocycles. The summed E-state index contributed by atoms with van der Waals surface area (Å²) in [4.78, 5) is 29.9. The van der Waals surface area contributed by atoms with Gasteiger partial charge in [-0.2, -0.15) is 0 Å². The monoisotopic (exact) mass is 705 g/mol. The number of nitrogens with zero attached hydrogens (tertiary/aromatic N) is 2. The summed E-state index contributed by atoms with van der Waals surface area (Å²) in [5.41, 5.74) is 2.19. The molecular formula is C36H37BrFN3O4S. The highest BCUT2D eigenvalue weighted by Gasteiger charge is 2.36. The summed E-state index contributed by atoms with van der Waals surface area (Å²) in [6.45, 7) is 1.03. The molecule has 0 radical (unpaired) electrons. The normalized spacial score (nSPS) is 14.1. The SMILES string of the molecule is Cc1ccc(S(=O)(=O)N(CC(=O)N(Cc2ccccc2F)[C@H](Cc2ccccc2)C(=O)NC2CCCC2)c2cccc(Br)c2)cc1. The van der Waals surface area contributed by atoms with E-state index in [0.29, 0.717) is 4.47 Å². The largest absolute Gasteiger partial charge is 0.352 e. The van der Waals surface area contributed by atoms with Crippen LogP contribution in [0.3, 0.4) is 0 Å². The Morgan fingerprint density at radius 1 is 0.913 bits per heavy atom. The number of hydrogen-bond donors (Lipinski definition) is 1. The van der Waals surface area contributed by atoms with Crippen LogP contribution in [0.2, 0.25) is 0 Å². The molecule has 2 amide bonds. The van der Waals surface area contributed by atoms with Crippen LogP contribution in [0.5, 0.6) is 0 Å². The van der Waals surface area contributed by atoms with Crippen molar-refractivity contribution < 1.29 is 22.4 Å². The zero-order chi connectivity index (χ0) is 32.7. The van der Waals surface area contributed by atoms with Crippen molar-refractivity contribution in [2.24, 2.45) is 0 Å². The van der Waals surface area contributed by atoms with Gasteiger partial charge in [-0.1, -0.05) is 101 Å². The highest BCUT2D eigenvalue weighted by atomic mass is 79.9. The molecule has 5 rings (SSSR count). The van der Waals surface area contributed by atoms with Crippen molar-refractivity contribution >= 4 is 43.5 Å². The molecule has 1 aliphatic carbocycles. The van der Waals surface area contributed by atoms with Gasteiger partial charge in [0.1, 0.15) is 18.4 Å². The summed E-state index contributed by atoms with van der Waals surface area (Å²) in [5.74, 6) is -1.51. The smallest absolute Gasteiger partial charge is 0.264 e. The Balaban J connectivity index is 1.57. The maximum absolute atomic E-state index is 15.1. The first-order valence-corrected chi connectivity index (χ1v) is 17.6. The average molecular weight is 707 g/mol. The van der Waals surface area contributed by atoms with Crippen molar-refractivity contribution in [2.75, 3.05) is 10.8 Å². The highest BCUT2D eigenvalue weighted by Crippen LogP contribution is 2.28. The molecule has 7 nitrogen and oxygen atoms in total. The average Bonchev–Trinajstić information content (AvgIpc) is 3.56. The Kier molecular flexibility index (Phi) is 10.9. The predicted molar refractivity (Wildman–Crippen MR) is 181 cm³/mol. The third kappa shape index (κ3) is 8.22. The van der Waals surface area contributed by atoms with E-state index < -0.39 is 34.3 Å². The van der Waals surface area contributed by atoms with E-state index in [1.54, 1.807) is 54.6 Å². The molecule has 4 aromatic carbocycles. The topological polar surface area (TPSA) is 86.8 Å². The van der Waals surface area contributed by atoms with Crippen molar-refractivity contribution in [1.29, 1.82) is 0 Å². The van der Waals surface area contributed by atoms with Crippen molar-refractivity contribution in [3.63, 3.8) is 0 Å². The fourth-order valence-corrected chi connectivity index (χ4v) is 7.52. The Bertz CT molecular complexity index is 1760. The number of nitrogens with one attached hydrogen (secondary N) is 1. The lowest BCUT2D eigenvalue weighted by Crippen LogP contribution is -2.54. The van der Waals surface area contributed by atoms with Crippen LogP contribution in [-0.2, 0) is 32.6 Å². The summed E-state index contributed by atoms with van der Waals surface area (Å²) in [7, 11) is -4.23. The van der Waals surface area contributed by atoms with E-state index in [1.165, 1.54) is 23.1 Å². The van der Waals surface area contributed by atoms with E-state index >= 15 is 4.39 Å². The van der Waals surface area contributed by atoms with Crippen LogP contribution in [-0.4, -0.2) is 43.8 Å². The van der Waals surface area contributed by atoms with Gasteiger partial charge >= 0.3 is 0 Å². The minimum Gasteiger partial charge on any atom is -0.352 e. The van der Waals surface area contributed by atoms with Crippen LogP contribution in [0.25, 0.3) is 0 Å². The van der Waals surface area contributed by atoms with E-state index in [0.717, 1.165) is 41.1 Å². The number of aryl methyl sites for hydroxylation is 1. The maximum atomic E-state index is 15.1. The summed E-state index contributed by atoms with van der Waals surface area (Å²) in [6, 6.07) is 27.5. The van der Waals surface area contributed by atoms with Gasteiger partial charge in [0.05, 0.1) is 10.6 Å². The number of rotatable bonds is 12. The number of benzene rings is 4. The minimum absolute atomic E-state index is 0.0173. The molecule has 0 heterocycles. The van der Waals surface area contributed by atoms with E-state index in [-0.39, 0.29) is 41.1 Å². The standard InChI is InChI=1S/C36H37BrFN3O4S/c1-26-18-20-32(21-19-26)46(44,45)41(31-16-9-13-29(37)23-31)25-35(42)40(24-28-12-5-8-17-33(28)38)34(22-27-10-3-2-4-11-27)36(43)39-30-14-6-7-15-30/h2-5,8-13,16-21,23,30,34H,6-7,14-15,22,24-25H2,1H3,(H,39,43)/t34-/m1/s1. The number of hydrogen-bond acceptors (Lipinski definition) is 4.